The van der Waals surface area contributed by atoms with E-state index >= 15 is 0 Å². The summed E-state index contributed by atoms with van der Waals surface area (Å²) >= 11 is 0. The number of halogens is 1. The summed E-state index contributed by atoms with van der Waals surface area (Å²) in [4.78, 5) is 0. The van der Waals surface area contributed by atoms with Crippen LogP contribution in [0.1, 0.15) is 16.7 Å². The Bertz CT molecular complexity index is 561. The molecule has 0 aromatic heterocycles. The number of nitrogens with one attached hydrogen (secondary N) is 1. The zero-order valence-electron chi connectivity index (χ0n) is 11.0. The molecule has 1 N–H and O–H groups in total. The Morgan fingerprint density at radius 1 is 1.06 bits per heavy atom. The van der Waals surface area contributed by atoms with E-state index in [9.17, 15) is 4.39 Å². The number of hydrogen-bond acceptors (Lipinski definition) is 1. The van der Waals surface area contributed by atoms with Gasteiger partial charge in [-0.2, -0.15) is 0 Å². The van der Waals surface area contributed by atoms with Crippen molar-refractivity contribution < 1.29 is 4.39 Å². The van der Waals surface area contributed by atoms with Crippen molar-refractivity contribution >= 4 is 0 Å². The van der Waals surface area contributed by atoms with Crippen LogP contribution in [0.3, 0.4) is 0 Å². The average molecular weight is 243 g/mol. The zero-order valence-corrected chi connectivity index (χ0v) is 11.0. The Kier molecular flexibility index (Phi) is 3.78. The third-order valence-electron chi connectivity index (χ3n) is 3.12. The first-order chi connectivity index (χ1) is 8.61. The van der Waals surface area contributed by atoms with Gasteiger partial charge in [0, 0.05) is 12.1 Å². The van der Waals surface area contributed by atoms with Crippen LogP contribution >= 0.6 is 0 Å². The molecule has 0 aliphatic rings. The summed E-state index contributed by atoms with van der Waals surface area (Å²) in [5.41, 5.74) is 5.10. The van der Waals surface area contributed by atoms with Crippen LogP contribution in [-0.2, 0) is 6.54 Å². The summed E-state index contributed by atoms with van der Waals surface area (Å²) in [6.07, 6.45) is 0. The second-order valence-corrected chi connectivity index (χ2v) is 4.65. The fraction of sp³-hybridized carbons (Fsp3) is 0.250. The van der Waals surface area contributed by atoms with Crippen molar-refractivity contribution in [2.45, 2.75) is 20.4 Å². The highest BCUT2D eigenvalue weighted by molar-refractivity contribution is 5.68. The average Bonchev–Trinajstić information content (AvgIpc) is 2.35. The van der Waals surface area contributed by atoms with E-state index in [0.717, 1.165) is 11.1 Å². The van der Waals surface area contributed by atoms with Gasteiger partial charge in [0.25, 0.3) is 0 Å². The molecule has 0 atom stereocenters. The molecular weight excluding hydrogens is 225 g/mol. The highest BCUT2D eigenvalue weighted by atomic mass is 19.1. The largest absolute Gasteiger partial charge is 0.316 e. The van der Waals surface area contributed by atoms with Crippen LogP contribution in [0, 0.1) is 19.7 Å². The summed E-state index contributed by atoms with van der Waals surface area (Å²) in [6.45, 7) is 4.65. The molecule has 2 aromatic rings. The predicted octanol–water partition coefficient (Wildman–Crippen LogP) is 3.83. The van der Waals surface area contributed by atoms with E-state index < -0.39 is 0 Å². The van der Waals surface area contributed by atoms with E-state index in [0.29, 0.717) is 12.1 Å². The van der Waals surface area contributed by atoms with E-state index in [1.807, 2.05) is 26.1 Å². The topological polar surface area (TPSA) is 12.0 Å². The molecule has 0 spiro atoms. The summed E-state index contributed by atoms with van der Waals surface area (Å²) in [5.74, 6) is -0.150. The number of rotatable bonds is 3. The normalized spacial score (nSPS) is 10.7. The van der Waals surface area contributed by atoms with Crippen LogP contribution in [-0.4, -0.2) is 7.05 Å². The van der Waals surface area contributed by atoms with Crippen LogP contribution in [0.5, 0.6) is 0 Å². The van der Waals surface area contributed by atoms with Gasteiger partial charge >= 0.3 is 0 Å². The molecule has 2 aromatic carbocycles. The molecule has 0 unspecified atom stereocenters. The molecule has 0 aliphatic carbocycles. The summed E-state index contributed by atoms with van der Waals surface area (Å²) in [7, 11) is 1.82. The molecular formula is C16H18FN. The maximum atomic E-state index is 13.9. The number of benzene rings is 2. The minimum absolute atomic E-state index is 0.150. The van der Waals surface area contributed by atoms with Gasteiger partial charge < -0.3 is 5.32 Å². The first-order valence-corrected chi connectivity index (χ1v) is 6.12. The van der Waals surface area contributed by atoms with Crippen LogP contribution in [0.4, 0.5) is 4.39 Å². The fourth-order valence-corrected chi connectivity index (χ4v) is 2.10. The Labute approximate surface area is 108 Å². The van der Waals surface area contributed by atoms with Crippen LogP contribution < -0.4 is 5.32 Å². The summed E-state index contributed by atoms with van der Waals surface area (Å²) < 4.78 is 13.9. The van der Waals surface area contributed by atoms with Gasteiger partial charge in [0.2, 0.25) is 0 Å². The monoisotopic (exact) mass is 243 g/mol. The minimum atomic E-state index is -0.150. The van der Waals surface area contributed by atoms with Gasteiger partial charge in [-0.25, -0.2) is 4.39 Å². The third-order valence-corrected chi connectivity index (χ3v) is 3.12. The predicted molar refractivity (Wildman–Crippen MR) is 74.1 cm³/mol. The highest BCUT2D eigenvalue weighted by Gasteiger charge is 2.06. The SMILES string of the molecule is CNCc1ccc(-c2cc(C)ccc2C)cc1F. The highest BCUT2D eigenvalue weighted by Crippen LogP contribution is 2.26. The molecule has 0 aliphatic heterocycles. The number of hydrogen-bond donors (Lipinski definition) is 1. The molecule has 1 nitrogen and oxygen atoms in total. The van der Waals surface area contributed by atoms with Crippen LogP contribution in [0.15, 0.2) is 36.4 Å². The standard InChI is InChI=1S/C16H18FN/c1-11-4-5-12(2)15(8-11)13-6-7-14(10-18-3)16(17)9-13/h4-9,18H,10H2,1-3H3. The number of aryl methyl sites for hydroxylation is 2. The van der Waals surface area contributed by atoms with Crippen molar-refractivity contribution in [2.75, 3.05) is 7.05 Å². The van der Waals surface area contributed by atoms with Crippen molar-refractivity contribution in [3.63, 3.8) is 0 Å². The molecule has 0 radical (unpaired) electrons. The van der Waals surface area contributed by atoms with E-state index in [4.69, 9.17) is 0 Å². The smallest absolute Gasteiger partial charge is 0.128 e. The quantitative estimate of drug-likeness (QED) is 0.864. The van der Waals surface area contributed by atoms with Gasteiger partial charge in [0.05, 0.1) is 0 Å². The maximum Gasteiger partial charge on any atom is 0.128 e. The van der Waals surface area contributed by atoms with Gasteiger partial charge in [-0.15, -0.1) is 0 Å². The third kappa shape index (κ3) is 2.59. The molecule has 0 saturated heterocycles. The minimum Gasteiger partial charge on any atom is -0.316 e. The van der Waals surface area contributed by atoms with Gasteiger partial charge in [0.1, 0.15) is 5.82 Å². The Morgan fingerprint density at radius 2 is 1.83 bits per heavy atom. The zero-order chi connectivity index (χ0) is 13.1. The molecule has 0 fully saturated rings. The Morgan fingerprint density at radius 3 is 2.50 bits per heavy atom. The maximum absolute atomic E-state index is 13.9. The van der Waals surface area contributed by atoms with Crippen LogP contribution in [0.25, 0.3) is 11.1 Å². The molecule has 0 saturated carbocycles. The Balaban J connectivity index is 2.45. The fourth-order valence-electron chi connectivity index (χ4n) is 2.10. The van der Waals surface area contributed by atoms with Crippen molar-refractivity contribution in [3.05, 3.63) is 58.9 Å². The molecule has 0 heterocycles. The lowest BCUT2D eigenvalue weighted by molar-refractivity contribution is 0.601. The Hall–Kier alpha value is -1.67. The van der Waals surface area contributed by atoms with E-state index in [1.54, 1.807) is 6.07 Å². The second kappa shape index (κ2) is 5.32. The van der Waals surface area contributed by atoms with Gasteiger partial charge in [0.15, 0.2) is 0 Å². The first-order valence-electron chi connectivity index (χ1n) is 6.12. The molecule has 94 valence electrons. The molecule has 2 heteroatoms. The van der Waals surface area contributed by atoms with Crippen molar-refractivity contribution in [2.24, 2.45) is 0 Å². The summed E-state index contributed by atoms with van der Waals surface area (Å²) in [6, 6.07) is 11.7. The lowest BCUT2D eigenvalue weighted by Gasteiger charge is -2.09. The first kappa shape index (κ1) is 12.8. The lowest BCUT2D eigenvalue weighted by Crippen LogP contribution is -2.06. The molecule has 0 bridgehead atoms. The molecule has 0 amide bonds. The van der Waals surface area contributed by atoms with Crippen molar-refractivity contribution in [1.82, 2.24) is 5.32 Å². The van der Waals surface area contributed by atoms with E-state index in [1.165, 1.54) is 11.1 Å². The second-order valence-electron chi connectivity index (χ2n) is 4.65. The van der Waals surface area contributed by atoms with Gasteiger partial charge in [-0.3, -0.25) is 0 Å². The summed E-state index contributed by atoms with van der Waals surface area (Å²) in [5, 5.41) is 2.96. The van der Waals surface area contributed by atoms with E-state index in [-0.39, 0.29) is 5.82 Å². The van der Waals surface area contributed by atoms with Gasteiger partial charge in [-0.05, 0) is 43.7 Å². The van der Waals surface area contributed by atoms with Crippen LogP contribution in [0.2, 0.25) is 0 Å². The van der Waals surface area contributed by atoms with E-state index in [2.05, 4.69) is 30.4 Å². The van der Waals surface area contributed by atoms with Crippen molar-refractivity contribution in [3.8, 4) is 11.1 Å². The molecule has 2 rings (SSSR count). The van der Waals surface area contributed by atoms with Crippen molar-refractivity contribution in [1.29, 1.82) is 0 Å². The van der Waals surface area contributed by atoms with Gasteiger partial charge in [-0.1, -0.05) is 35.9 Å². The lowest BCUT2D eigenvalue weighted by atomic mass is 9.97. The molecule has 18 heavy (non-hydrogen) atoms.